The Morgan fingerprint density at radius 2 is 1.96 bits per heavy atom. The lowest BCUT2D eigenvalue weighted by Crippen LogP contribution is -2.36. The normalized spacial score (nSPS) is 11.4. The number of amides is 1. The Bertz CT molecular complexity index is 904. The Kier molecular flexibility index (Phi) is 5.08. The first-order valence-corrected chi connectivity index (χ1v) is 8.98. The number of methoxy groups -OCH3 is 2. The molecule has 0 spiro atoms. The van der Waals surface area contributed by atoms with Crippen molar-refractivity contribution in [2.24, 2.45) is 0 Å². The standard InChI is InChI=1S/C19H21N3O3S/c1-19(2,12-7-8-14(24-3)15(10-12)25-4)11-21-16(23)18-22-13-6-5-9-20-17(13)26-18/h5-10H,11H2,1-4H3,(H,21,23). The van der Waals surface area contributed by atoms with Gasteiger partial charge in [-0.25, -0.2) is 9.97 Å². The molecule has 0 radical (unpaired) electrons. The van der Waals surface area contributed by atoms with Crippen LogP contribution in [0.5, 0.6) is 11.5 Å². The Hall–Kier alpha value is -2.67. The SMILES string of the molecule is COc1ccc(C(C)(C)CNC(=O)c2nc3cccnc3s2)cc1OC. The van der Waals surface area contributed by atoms with E-state index < -0.39 is 0 Å². The van der Waals surface area contributed by atoms with Crippen LogP contribution in [0, 0.1) is 0 Å². The molecular weight excluding hydrogens is 350 g/mol. The number of rotatable bonds is 6. The number of hydrogen-bond donors (Lipinski definition) is 1. The summed E-state index contributed by atoms with van der Waals surface area (Å²) in [5.74, 6) is 1.15. The fraction of sp³-hybridized carbons (Fsp3) is 0.316. The highest BCUT2D eigenvalue weighted by Gasteiger charge is 2.24. The quantitative estimate of drug-likeness (QED) is 0.719. The van der Waals surface area contributed by atoms with Crippen LogP contribution >= 0.6 is 11.3 Å². The van der Waals surface area contributed by atoms with E-state index in [1.807, 2.05) is 30.3 Å². The molecule has 0 saturated heterocycles. The number of pyridine rings is 1. The van der Waals surface area contributed by atoms with Gasteiger partial charge in [0.15, 0.2) is 16.5 Å². The molecule has 3 rings (SSSR count). The summed E-state index contributed by atoms with van der Waals surface area (Å²) >= 11 is 1.29. The van der Waals surface area contributed by atoms with Gasteiger partial charge in [-0.3, -0.25) is 4.79 Å². The lowest BCUT2D eigenvalue weighted by molar-refractivity contribution is 0.0945. The molecule has 0 aliphatic rings. The van der Waals surface area contributed by atoms with Crippen LogP contribution in [-0.4, -0.2) is 36.6 Å². The maximum atomic E-state index is 12.5. The van der Waals surface area contributed by atoms with Crippen molar-refractivity contribution in [3.8, 4) is 11.5 Å². The second-order valence-electron chi connectivity index (χ2n) is 6.48. The fourth-order valence-electron chi connectivity index (χ4n) is 2.60. The molecule has 2 heterocycles. The zero-order valence-electron chi connectivity index (χ0n) is 15.2. The number of ether oxygens (including phenoxy) is 2. The summed E-state index contributed by atoms with van der Waals surface area (Å²) in [5.41, 5.74) is 1.49. The van der Waals surface area contributed by atoms with Gasteiger partial charge in [-0.05, 0) is 29.8 Å². The van der Waals surface area contributed by atoms with Crippen LogP contribution in [0.2, 0.25) is 0 Å². The molecule has 0 fully saturated rings. The van der Waals surface area contributed by atoms with E-state index >= 15 is 0 Å². The lowest BCUT2D eigenvalue weighted by Gasteiger charge is -2.26. The molecule has 0 aliphatic carbocycles. The van der Waals surface area contributed by atoms with Gasteiger partial charge < -0.3 is 14.8 Å². The van der Waals surface area contributed by atoms with E-state index in [-0.39, 0.29) is 11.3 Å². The van der Waals surface area contributed by atoms with Gasteiger partial charge in [0.1, 0.15) is 10.3 Å². The van der Waals surface area contributed by atoms with Crippen molar-refractivity contribution in [1.82, 2.24) is 15.3 Å². The number of carbonyl (C=O) groups is 1. The molecular formula is C19H21N3O3S. The van der Waals surface area contributed by atoms with E-state index in [4.69, 9.17) is 9.47 Å². The van der Waals surface area contributed by atoms with Crippen molar-refractivity contribution in [1.29, 1.82) is 0 Å². The predicted molar refractivity (Wildman–Crippen MR) is 102 cm³/mol. The van der Waals surface area contributed by atoms with Gasteiger partial charge in [0.2, 0.25) is 0 Å². The average molecular weight is 371 g/mol. The molecule has 0 unspecified atom stereocenters. The Morgan fingerprint density at radius 3 is 2.65 bits per heavy atom. The summed E-state index contributed by atoms with van der Waals surface area (Å²) in [7, 11) is 3.22. The molecule has 3 aromatic rings. The third-order valence-electron chi connectivity index (χ3n) is 4.22. The number of carbonyl (C=O) groups excluding carboxylic acids is 1. The number of fused-ring (bicyclic) bond motifs is 1. The van der Waals surface area contributed by atoms with E-state index in [2.05, 4.69) is 29.1 Å². The van der Waals surface area contributed by atoms with Gasteiger partial charge in [0.05, 0.1) is 14.2 Å². The van der Waals surface area contributed by atoms with Crippen molar-refractivity contribution in [3.05, 3.63) is 47.1 Å². The van der Waals surface area contributed by atoms with Crippen LogP contribution in [-0.2, 0) is 5.41 Å². The predicted octanol–water partition coefficient (Wildman–Crippen LogP) is 3.42. The van der Waals surface area contributed by atoms with Crippen LogP contribution < -0.4 is 14.8 Å². The van der Waals surface area contributed by atoms with Gasteiger partial charge in [-0.2, -0.15) is 0 Å². The van der Waals surface area contributed by atoms with Crippen molar-refractivity contribution >= 4 is 27.6 Å². The fourth-order valence-corrected chi connectivity index (χ4v) is 3.43. The van der Waals surface area contributed by atoms with Crippen LogP contribution in [0.15, 0.2) is 36.5 Å². The maximum absolute atomic E-state index is 12.5. The number of benzene rings is 1. The number of aromatic nitrogens is 2. The van der Waals surface area contributed by atoms with Gasteiger partial charge in [0.25, 0.3) is 5.91 Å². The first kappa shape index (κ1) is 18.1. The molecule has 2 aromatic heterocycles. The number of nitrogens with one attached hydrogen (secondary N) is 1. The lowest BCUT2D eigenvalue weighted by atomic mass is 9.84. The molecule has 0 atom stereocenters. The molecule has 0 saturated carbocycles. The minimum atomic E-state index is -0.288. The molecule has 7 heteroatoms. The van der Waals surface area contributed by atoms with Gasteiger partial charge in [-0.1, -0.05) is 31.3 Å². The van der Waals surface area contributed by atoms with E-state index in [9.17, 15) is 4.79 Å². The minimum absolute atomic E-state index is 0.193. The second-order valence-corrected chi connectivity index (χ2v) is 7.46. The van der Waals surface area contributed by atoms with E-state index in [1.54, 1.807) is 20.4 Å². The van der Waals surface area contributed by atoms with Crippen molar-refractivity contribution in [2.45, 2.75) is 19.3 Å². The van der Waals surface area contributed by atoms with Crippen LogP contribution in [0.1, 0.15) is 29.2 Å². The zero-order valence-corrected chi connectivity index (χ0v) is 16.0. The van der Waals surface area contributed by atoms with E-state index in [0.29, 0.717) is 23.1 Å². The highest BCUT2D eigenvalue weighted by Crippen LogP contribution is 2.33. The molecule has 1 aromatic carbocycles. The Labute approximate surface area is 156 Å². The number of hydrogen-bond acceptors (Lipinski definition) is 6. The monoisotopic (exact) mass is 371 g/mol. The highest BCUT2D eigenvalue weighted by atomic mass is 32.1. The van der Waals surface area contributed by atoms with Crippen molar-refractivity contribution in [2.75, 3.05) is 20.8 Å². The summed E-state index contributed by atoms with van der Waals surface area (Å²) in [6, 6.07) is 9.45. The van der Waals surface area contributed by atoms with Crippen molar-refractivity contribution < 1.29 is 14.3 Å². The average Bonchev–Trinajstić information content (AvgIpc) is 3.09. The van der Waals surface area contributed by atoms with Crippen molar-refractivity contribution in [3.63, 3.8) is 0 Å². The van der Waals surface area contributed by atoms with Gasteiger partial charge in [0, 0.05) is 18.2 Å². The molecule has 1 amide bonds. The van der Waals surface area contributed by atoms with Crippen LogP contribution in [0.25, 0.3) is 10.3 Å². The van der Waals surface area contributed by atoms with Gasteiger partial charge >= 0.3 is 0 Å². The number of nitrogens with zero attached hydrogens (tertiary/aromatic N) is 2. The Morgan fingerprint density at radius 1 is 1.19 bits per heavy atom. The van der Waals surface area contributed by atoms with E-state index in [1.165, 1.54) is 11.3 Å². The van der Waals surface area contributed by atoms with Gasteiger partial charge in [-0.15, -0.1) is 0 Å². The first-order chi connectivity index (χ1) is 12.4. The number of thiazole rings is 1. The second kappa shape index (κ2) is 7.29. The Balaban J connectivity index is 1.74. The third-order valence-corrected chi connectivity index (χ3v) is 5.19. The largest absolute Gasteiger partial charge is 0.493 e. The van der Waals surface area contributed by atoms with Crippen LogP contribution in [0.4, 0.5) is 0 Å². The highest BCUT2D eigenvalue weighted by molar-refractivity contribution is 7.19. The molecule has 0 bridgehead atoms. The first-order valence-electron chi connectivity index (χ1n) is 8.17. The maximum Gasteiger partial charge on any atom is 0.280 e. The molecule has 1 N–H and O–H groups in total. The molecule has 0 aliphatic heterocycles. The summed E-state index contributed by atoms with van der Waals surface area (Å²) < 4.78 is 10.7. The smallest absolute Gasteiger partial charge is 0.280 e. The summed E-state index contributed by atoms with van der Waals surface area (Å²) in [6.07, 6.45) is 1.70. The molecule has 6 nitrogen and oxygen atoms in total. The zero-order chi connectivity index (χ0) is 18.7. The minimum Gasteiger partial charge on any atom is -0.493 e. The molecule has 136 valence electrons. The summed E-state index contributed by atoms with van der Waals surface area (Å²) in [5, 5.41) is 3.39. The summed E-state index contributed by atoms with van der Waals surface area (Å²) in [6.45, 7) is 4.59. The summed E-state index contributed by atoms with van der Waals surface area (Å²) in [4.78, 5) is 21.8. The van der Waals surface area contributed by atoms with E-state index in [0.717, 1.165) is 15.9 Å². The molecule has 26 heavy (non-hydrogen) atoms. The topological polar surface area (TPSA) is 73.3 Å². The van der Waals surface area contributed by atoms with Crippen LogP contribution in [0.3, 0.4) is 0 Å². The third kappa shape index (κ3) is 3.62.